The monoisotopic (exact) mass is 452 g/mol. The van der Waals surface area contributed by atoms with Gasteiger partial charge in [0.2, 0.25) is 0 Å². The summed E-state index contributed by atoms with van der Waals surface area (Å²) in [6, 6.07) is 3.82. The molecule has 2 aliphatic rings. The molecule has 0 radical (unpaired) electrons. The Balaban J connectivity index is 1.79. The van der Waals surface area contributed by atoms with Gasteiger partial charge in [-0.2, -0.15) is 8.78 Å². The second-order valence-electron chi connectivity index (χ2n) is 7.63. The highest BCUT2D eigenvalue weighted by Crippen LogP contribution is 2.37. The molecule has 0 saturated heterocycles. The number of anilines is 1. The second kappa shape index (κ2) is 9.29. The molecule has 32 heavy (non-hydrogen) atoms. The van der Waals surface area contributed by atoms with Crippen molar-refractivity contribution in [3.63, 3.8) is 0 Å². The van der Waals surface area contributed by atoms with Gasteiger partial charge in [-0.3, -0.25) is 9.59 Å². The van der Waals surface area contributed by atoms with Crippen LogP contribution in [-0.2, 0) is 9.59 Å². The summed E-state index contributed by atoms with van der Waals surface area (Å²) < 4.78 is 57.6. The van der Waals surface area contributed by atoms with Gasteiger partial charge in [0.1, 0.15) is 11.6 Å². The molecule has 3 rings (SSSR count). The van der Waals surface area contributed by atoms with E-state index in [-0.39, 0.29) is 48.2 Å². The molecule has 170 valence electrons. The topological polar surface area (TPSA) is 89.9 Å². The number of carbonyl (C=O) groups is 2. The van der Waals surface area contributed by atoms with E-state index >= 15 is 0 Å². The highest BCUT2D eigenvalue weighted by molar-refractivity contribution is 6.50. The molecule has 0 unspecified atom stereocenters. The Morgan fingerprint density at radius 3 is 2.47 bits per heavy atom. The maximum absolute atomic E-state index is 14.9. The standard InChI is InChI=1S/C21H21BF4N2O4/c1-12-10-15(3-5-17(12)23)27-19(29)13-2-4-18(24)16(11-13)21(25,26)20(30)28-8-6-14(7-9-28)22(31)32/h3,5-6,10-11,31-32H,2,4,7-9H2,1H3,(H,27,29). The van der Waals surface area contributed by atoms with Gasteiger partial charge in [-0.1, -0.05) is 6.08 Å². The number of hydrogen-bond acceptors (Lipinski definition) is 4. The number of rotatable bonds is 5. The number of carbonyl (C=O) groups excluding carboxylic acids is 2. The van der Waals surface area contributed by atoms with Crippen LogP contribution in [0.4, 0.5) is 23.2 Å². The van der Waals surface area contributed by atoms with Crippen LogP contribution in [0.1, 0.15) is 24.8 Å². The van der Waals surface area contributed by atoms with E-state index in [0.717, 1.165) is 11.0 Å². The number of aryl methyl sites for hydroxylation is 1. The zero-order valence-corrected chi connectivity index (χ0v) is 17.2. The summed E-state index contributed by atoms with van der Waals surface area (Å²) >= 11 is 0. The van der Waals surface area contributed by atoms with Gasteiger partial charge in [0, 0.05) is 30.8 Å². The molecule has 11 heteroatoms. The first-order chi connectivity index (χ1) is 15.0. The Morgan fingerprint density at radius 1 is 1.16 bits per heavy atom. The molecule has 6 nitrogen and oxygen atoms in total. The number of amides is 2. The molecule has 1 aromatic rings. The predicted octanol–water partition coefficient (Wildman–Crippen LogP) is 2.82. The van der Waals surface area contributed by atoms with Crippen LogP contribution in [-0.4, -0.2) is 52.9 Å². The molecule has 1 heterocycles. The Kier molecular flexibility index (Phi) is 6.89. The third-order valence-corrected chi connectivity index (χ3v) is 5.40. The second-order valence-corrected chi connectivity index (χ2v) is 7.63. The maximum atomic E-state index is 14.9. The highest BCUT2D eigenvalue weighted by Gasteiger charge is 2.48. The van der Waals surface area contributed by atoms with E-state index in [1.807, 2.05) is 0 Å². The Bertz CT molecular complexity index is 1040. The molecule has 3 N–H and O–H groups in total. The van der Waals surface area contributed by atoms with Crippen LogP contribution >= 0.6 is 0 Å². The lowest BCUT2D eigenvalue weighted by Crippen LogP contribution is -2.47. The van der Waals surface area contributed by atoms with Crippen molar-refractivity contribution < 1.29 is 37.2 Å². The van der Waals surface area contributed by atoms with Crippen LogP contribution in [0.15, 0.2) is 52.8 Å². The summed E-state index contributed by atoms with van der Waals surface area (Å²) in [6.45, 7) is 1.03. The van der Waals surface area contributed by atoms with Crippen LogP contribution in [0, 0.1) is 12.7 Å². The van der Waals surface area contributed by atoms with Crippen LogP contribution < -0.4 is 5.32 Å². The lowest BCUT2D eigenvalue weighted by atomic mass is 9.76. The highest BCUT2D eigenvalue weighted by atomic mass is 19.3. The fourth-order valence-electron chi connectivity index (χ4n) is 3.50. The van der Waals surface area contributed by atoms with Crippen LogP contribution in [0.5, 0.6) is 0 Å². The minimum Gasteiger partial charge on any atom is -0.423 e. The van der Waals surface area contributed by atoms with Gasteiger partial charge in [-0.15, -0.1) is 0 Å². The molecule has 0 aromatic heterocycles. The Morgan fingerprint density at radius 2 is 1.88 bits per heavy atom. The van der Waals surface area contributed by atoms with Gasteiger partial charge < -0.3 is 20.3 Å². The molecule has 1 aliphatic heterocycles. The smallest absolute Gasteiger partial charge is 0.423 e. The number of allylic oxidation sites excluding steroid dienone is 2. The summed E-state index contributed by atoms with van der Waals surface area (Å²) in [5, 5.41) is 20.7. The summed E-state index contributed by atoms with van der Waals surface area (Å²) in [5.74, 6) is -8.27. The van der Waals surface area contributed by atoms with E-state index in [4.69, 9.17) is 10.0 Å². The van der Waals surface area contributed by atoms with E-state index in [2.05, 4.69) is 5.32 Å². The number of nitrogens with one attached hydrogen (secondary N) is 1. The first-order valence-electron chi connectivity index (χ1n) is 9.90. The Hall–Kier alpha value is -2.92. The van der Waals surface area contributed by atoms with Gasteiger partial charge in [0.25, 0.3) is 11.8 Å². The van der Waals surface area contributed by atoms with Crippen molar-refractivity contribution in [2.75, 3.05) is 18.4 Å². The van der Waals surface area contributed by atoms with Crippen LogP contribution in [0.25, 0.3) is 0 Å². The summed E-state index contributed by atoms with van der Waals surface area (Å²) in [4.78, 5) is 25.7. The summed E-state index contributed by atoms with van der Waals surface area (Å²) in [7, 11) is -1.74. The number of nitrogens with zero attached hydrogens (tertiary/aromatic N) is 1. The van der Waals surface area contributed by atoms with Gasteiger partial charge in [0.05, 0.1) is 5.57 Å². The molecular weight excluding hydrogens is 431 g/mol. The summed E-state index contributed by atoms with van der Waals surface area (Å²) in [5.41, 5.74) is -0.589. The molecule has 2 amide bonds. The number of alkyl halides is 2. The molecule has 0 fully saturated rings. The largest absolute Gasteiger partial charge is 0.483 e. The van der Waals surface area contributed by atoms with Gasteiger partial charge >= 0.3 is 13.0 Å². The first-order valence-corrected chi connectivity index (χ1v) is 9.90. The van der Waals surface area contributed by atoms with Crippen molar-refractivity contribution in [2.45, 2.75) is 32.1 Å². The normalized spacial score (nSPS) is 17.0. The SMILES string of the molecule is Cc1cc(NC(=O)C2=CC(C(F)(F)C(=O)N3CC=C(B(O)O)CC3)=C(F)CC2)ccc1F. The van der Waals surface area contributed by atoms with Crippen molar-refractivity contribution in [2.24, 2.45) is 0 Å². The van der Waals surface area contributed by atoms with Crippen molar-refractivity contribution in [1.29, 1.82) is 0 Å². The number of halogens is 4. The van der Waals surface area contributed by atoms with Crippen molar-refractivity contribution >= 4 is 24.6 Å². The molecule has 0 saturated carbocycles. The van der Waals surface area contributed by atoms with Crippen molar-refractivity contribution in [3.05, 3.63) is 64.2 Å². The quantitative estimate of drug-likeness (QED) is 0.474. The lowest BCUT2D eigenvalue weighted by Gasteiger charge is -2.31. The fraction of sp³-hybridized carbons (Fsp3) is 0.333. The third-order valence-electron chi connectivity index (χ3n) is 5.40. The van der Waals surface area contributed by atoms with E-state index in [9.17, 15) is 27.2 Å². The average Bonchev–Trinajstić information content (AvgIpc) is 2.76. The average molecular weight is 452 g/mol. The van der Waals surface area contributed by atoms with Gasteiger partial charge in [-0.25, -0.2) is 8.78 Å². The minimum absolute atomic E-state index is 0.0123. The summed E-state index contributed by atoms with van der Waals surface area (Å²) in [6.07, 6.45) is 1.32. The molecular formula is C21H21BF4N2O4. The van der Waals surface area contributed by atoms with E-state index in [0.29, 0.717) is 6.08 Å². The number of hydrogen-bond donors (Lipinski definition) is 3. The zero-order valence-electron chi connectivity index (χ0n) is 17.2. The van der Waals surface area contributed by atoms with Crippen molar-refractivity contribution in [1.82, 2.24) is 4.90 Å². The maximum Gasteiger partial charge on any atom is 0.483 e. The molecule has 1 aliphatic carbocycles. The first kappa shape index (κ1) is 23.7. The third kappa shape index (κ3) is 4.94. The van der Waals surface area contributed by atoms with E-state index < -0.39 is 48.5 Å². The van der Waals surface area contributed by atoms with Crippen LogP contribution in [0.2, 0.25) is 0 Å². The van der Waals surface area contributed by atoms with E-state index in [1.54, 1.807) is 0 Å². The van der Waals surface area contributed by atoms with Crippen molar-refractivity contribution in [3.8, 4) is 0 Å². The Labute approximate surface area is 182 Å². The predicted molar refractivity (Wildman–Crippen MR) is 110 cm³/mol. The minimum atomic E-state index is -4.22. The fourth-order valence-corrected chi connectivity index (χ4v) is 3.50. The number of benzene rings is 1. The lowest BCUT2D eigenvalue weighted by molar-refractivity contribution is -0.151. The van der Waals surface area contributed by atoms with Crippen LogP contribution in [0.3, 0.4) is 0 Å². The molecule has 0 atom stereocenters. The molecule has 0 bridgehead atoms. The zero-order chi connectivity index (χ0) is 23.6. The van der Waals surface area contributed by atoms with Gasteiger partial charge in [-0.05, 0) is 55.1 Å². The van der Waals surface area contributed by atoms with E-state index in [1.165, 1.54) is 25.1 Å². The van der Waals surface area contributed by atoms with Gasteiger partial charge in [0.15, 0.2) is 0 Å². The molecule has 0 spiro atoms. The molecule has 1 aromatic carbocycles.